The molecule has 2 aliphatic heterocycles. The number of nitrogens with zero attached hydrogens (tertiary/aromatic N) is 3. The van der Waals surface area contributed by atoms with Crippen molar-refractivity contribution in [3.05, 3.63) is 38.9 Å². The Kier molecular flexibility index (Phi) is 7.16. The summed E-state index contributed by atoms with van der Waals surface area (Å²) in [5.74, 6) is -0.136. The Bertz CT molecular complexity index is 1040. The molecule has 0 unspecified atom stereocenters. The number of likely N-dealkylation sites (N-methyl/N-ethyl adjacent to an activating group) is 1. The van der Waals surface area contributed by atoms with Gasteiger partial charge in [-0.25, -0.2) is 0 Å². The highest BCUT2D eigenvalue weighted by Crippen LogP contribution is 2.15. The summed E-state index contributed by atoms with van der Waals surface area (Å²) in [5, 5.41) is 3.51. The summed E-state index contributed by atoms with van der Waals surface area (Å²) in [4.78, 5) is 33.4. The standard InChI is InChI=1S/C22H31N5O3S/c1-25-9-11-26(12-10-25)8-3-7-23-20(28)16-5-6-18-19(14-16)24-22(31)27(21(18)29)15-17-4-2-13-30-17/h5-6,14,17H,2-4,7-13,15H2,1H3,(H,23,28)(H,24,31)/t17-/m1/s1. The smallest absolute Gasteiger partial charge is 0.262 e. The second kappa shape index (κ2) is 10.0. The van der Waals surface area contributed by atoms with Crippen LogP contribution in [-0.4, -0.2) is 84.3 Å². The molecular weight excluding hydrogens is 414 g/mol. The second-order valence-electron chi connectivity index (χ2n) is 8.50. The van der Waals surface area contributed by atoms with Gasteiger partial charge in [0.2, 0.25) is 0 Å². The number of piperazine rings is 1. The highest BCUT2D eigenvalue weighted by Gasteiger charge is 2.18. The molecule has 3 heterocycles. The number of ether oxygens (including phenoxy) is 1. The molecule has 2 saturated heterocycles. The van der Waals surface area contributed by atoms with Crippen LogP contribution in [0.4, 0.5) is 0 Å². The minimum atomic E-state index is -0.145. The lowest BCUT2D eigenvalue weighted by atomic mass is 10.1. The van der Waals surface area contributed by atoms with Crippen LogP contribution in [0.15, 0.2) is 23.0 Å². The molecule has 2 aromatic rings. The van der Waals surface area contributed by atoms with Crippen LogP contribution in [-0.2, 0) is 11.3 Å². The van der Waals surface area contributed by atoms with Gasteiger partial charge >= 0.3 is 0 Å². The van der Waals surface area contributed by atoms with E-state index in [0.717, 1.165) is 58.6 Å². The van der Waals surface area contributed by atoms with E-state index in [1.807, 2.05) is 0 Å². The molecule has 2 aliphatic rings. The third-order valence-electron chi connectivity index (χ3n) is 6.19. The highest BCUT2D eigenvalue weighted by molar-refractivity contribution is 7.71. The lowest BCUT2D eigenvalue weighted by Gasteiger charge is -2.32. The fourth-order valence-electron chi connectivity index (χ4n) is 4.23. The average molecular weight is 446 g/mol. The van der Waals surface area contributed by atoms with Crippen molar-refractivity contribution in [3.8, 4) is 0 Å². The lowest BCUT2D eigenvalue weighted by molar-refractivity contribution is 0.0949. The van der Waals surface area contributed by atoms with E-state index in [9.17, 15) is 9.59 Å². The van der Waals surface area contributed by atoms with Crippen molar-refractivity contribution in [2.75, 3.05) is 52.9 Å². The Morgan fingerprint density at radius 3 is 2.84 bits per heavy atom. The first-order valence-electron chi connectivity index (χ1n) is 11.1. The van der Waals surface area contributed by atoms with Gasteiger partial charge in [0.15, 0.2) is 4.77 Å². The minimum absolute atomic E-state index is 0.0288. The molecule has 168 valence electrons. The summed E-state index contributed by atoms with van der Waals surface area (Å²) < 4.78 is 7.56. The van der Waals surface area contributed by atoms with Gasteiger partial charge in [0.1, 0.15) is 0 Å². The van der Waals surface area contributed by atoms with Crippen molar-refractivity contribution in [2.45, 2.75) is 31.9 Å². The number of benzene rings is 1. The SMILES string of the molecule is CN1CCN(CCCNC(=O)c2ccc3c(=O)n(C[C@H]4CCCO4)c(=S)[nH]c3c2)CC1. The lowest BCUT2D eigenvalue weighted by Crippen LogP contribution is -2.45. The van der Waals surface area contributed by atoms with Gasteiger partial charge in [-0.05, 0) is 63.3 Å². The van der Waals surface area contributed by atoms with Crippen molar-refractivity contribution in [1.82, 2.24) is 24.7 Å². The molecule has 9 heteroatoms. The maximum Gasteiger partial charge on any atom is 0.262 e. The van der Waals surface area contributed by atoms with Gasteiger partial charge in [-0.15, -0.1) is 0 Å². The van der Waals surface area contributed by atoms with Gasteiger partial charge in [-0.1, -0.05) is 0 Å². The van der Waals surface area contributed by atoms with Gasteiger partial charge in [0.05, 0.1) is 23.6 Å². The average Bonchev–Trinajstić information content (AvgIpc) is 3.28. The van der Waals surface area contributed by atoms with Gasteiger partial charge < -0.3 is 24.8 Å². The van der Waals surface area contributed by atoms with E-state index in [2.05, 4.69) is 27.1 Å². The van der Waals surface area contributed by atoms with Crippen LogP contribution in [0.25, 0.3) is 10.9 Å². The molecule has 0 bridgehead atoms. The van der Waals surface area contributed by atoms with Crippen molar-refractivity contribution in [2.24, 2.45) is 0 Å². The van der Waals surface area contributed by atoms with E-state index in [0.29, 0.717) is 34.3 Å². The first kappa shape index (κ1) is 22.1. The molecule has 4 rings (SSSR count). The monoisotopic (exact) mass is 445 g/mol. The van der Waals surface area contributed by atoms with Crippen LogP contribution in [0.3, 0.4) is 0 Å². The molecule has 31 heavy (non-hydrogen) atoms. The summed E-state index contributed by atoms with van der Waals surface area (Å²) in [6, 6.07) is 5.11. The van der Waals surface area contributed by atoms with Crippen molar-refractivity contribution in [3.63, 3.8) is 0 Å². The number of carbonyl (C=O) groups excluding carboxylic acids is 1. The predicted molar refractivity (Wildman–Crippen MR) is 123 cm³/mol. The molecule has 1 amide bonds. The summed E-state index contributed by atoms with van der Waals surface area (Å²) in [6.07, 6.45) is 2.89. The summed E-state index contributed by atoms with van der Waals surface area (Å²) in [7, 11) is 2.15. The maximum atomic E-state index is 12.9. The first-order valence-corrected chi connectivity index (χ1v) is 11.5. The highest BCUT2D eigenvalue weighted by atomic mass is 32.1. The van der Waals surface area contributed by atoms with Crippen LogP contribution in [0, 0.1) is 4.77 Å². The molecule has 0 saturated carbocycles. The van der Waals surface area contributed by atoms with E-state index in [-0.39, 0.29) is 17.6 Å². The van der Waals surface area contributed by atoms with Gasteiger partial charge in [0, 0.05) is 44.9 Å². The zero-order valence-electron chi connectivity index (χ0n) is 18.1. The molecule has 0 radical (unpaired) electrons. The molecule has 1 aromatic heterocycles. The number of rotatable bonds is 7. The summed E-state index contributed by atoms with van der Waals surface area (Å²) in [5.41, 5.74) is 0.964. The molecule has 0 spiro atoms. The fraction of sp³-hybridized carbons (Fsp3) is 0.591. The van der Waals surface area contributed by atoms with Crippen molar-refractivity contribution >= 4 is 29.0 Å². The molecule has 1 aromatic carbocycles. The number of H-pyrrole nitrogens is 1. The number of hydrogen-bond donors (Lipinski definition) is 2. The number of nitrogens with one attached hydrogen (secondary N) is 2. The van der Waals surface area contributed by atoms with Gasteiger partial charge in [-0.3, -0.25) is 14.2 Å². The summed E-state index contributed by atoms with van der Waals surface area (Å²) >= 11 is 5.41. The van der Waals surface area contributed by atoms with Crippen LogP contribution in [0.2, 0.25) is 0 Å². The third-order valence-corrected chi connectivity index (χ3v) is 6.51. The van der Waals surface area contributed by atoms with Crippen LogP contribution in [0.1, 0.15) is 29.6 Å². The molecular formula is C22H31N5O3S. The molecule has 2 fully saturated rings. The number of amides is 1. The largest absolute Gasteiger partial charge is 0.376 e. The fourth-order valence-corrected chi connectivity index (χ4v) is 4.50. The van der Waals surface area contributed by atoms with Gasteiger partial charge in [0.25, 0.3) is 11.5 Å². The Hall–Kier alpha value is -2.07. The predicted octanol–water partition coefficient (Wildman–Crippen LogP) is 1.61. The normalized spacial score (nSPS) is 20.4. The van der Waals surface area contributed by atoms with E-state index in [1.165, 1.54) is 0 Å². The second-order valence-corrected chi connectivity index (χ2v) is 8.88. The Morgan fingerprint density at radius 2 is 2.10 bits per heavy atom. The van der Waals surface area contributed by atoms with E-state index < -0.39 is 0 Å². The molecule has 8 nitrogen and oxygen atoms in total. The van der Waals surface area contributed by atoms with E-state index in [1.54, 1.807) is 22.8 Å². The Balaban J connectivity index is 1.37. The maximum absolute atomic E-state index is 12.9. The number of fused-ring (bicyclic) bond motifs is 1. The van der Waals surface area contributed by atoms with Crippen molar-refractivity contribution in [1.29, 1.82) is 0 Å². The topological polar surface area (TPSA) is 82.6 Å². The molecule has 1 atom stereocenters. The summed E-state index contributed by atoms with van der Waals surface area (Å²) in [6.45, 7) is 7.17. The van der Waals surface area contributed by atoms with E-state index in [4.69, 9.17) is 17.0 Å². The van der Waals surface area contributed by atoms with Crippen LogP contribution < -0.4 is 10.9 Å². The molecule has 0 aliphatic carbocycles. The number of carbonyl (C=O) groups is 1. The van der Waals surface area contributed by atoms with Crippen LogP contribution >= 0.6 is 12.2 Å². The Labute approximate surface area is 187 Å². The van der Waals surface area contributed by atoms with Crippen molar-refractivity contribution < 1.29 is 9.53 Å². The zero-order chi connectivity index (χ0) is 21.8. The zero-order valence-corrected chi connectivity index (χ0v) is 18.9. The van der Waals surface area contributed by atoms with E-state index >= 15 is 0 Å². The molecule has 2 N–H and O–H groups in total. The van der Waals surface area contributed by atoms with Gasteiger partial charge in [-0.2, -0.15) is 0 Å². The Morgan fingerprint density at radius 1 is 1.29 bits per heavy atom. The first-order chi connectivity index (χ1) is 15.0. The quantitative estimate of drug-likeness (QED) is 0.498. The number of aromatic nitrogens is 2. The minimum Gasteiger partial charge on any atom is -0.376 e. The number of aromatic amines is 1. The van der Waals surface area contributed by atoms with Crippen LogP contribution in [0.5, 0.6) is 0 Å². The third kappa shape index (κ3) is 5.41. The number of hydrogen-bond acceptors (Lipinski definition) is 6.